The van der Waals surface area contributed by atoms with Crippen molar-refractivity contribution in [1.29, 1.82) is 0 Å². The predicted octanol–water partition coefficient (Wildman–Crippen LogP) is 3.92. The van der Waals surface area contributed by atoms with E-state index in [1.165, 1.54) is 25.3 Å². The maximum Gasteiger partial charge on any atom is 0.337 e. The van der Waals surface area contributed by atoms with E-state index in [9.17, 15) is 18.0 Å². The molecular formula is C24H24N2O5S. The fourth-order valence-corrected chi connectivity index (χ4v) is 4.68. The molecule has 0 spiro atoms. The molecule has 0 aliphatic heterocycles. The number of nitrogens with zero attached hydrogens (tertiary/aromatic N) is 1. The Labute approximate surface area is 187 Å². The summed E-state index contributed by atoms with van der Waals surface area (Å²) >= 11 is 0. The normalized spacial score (nSPS) is 11.0. The maximum atomic E-state index is 13.5. The molecule has 32 heavy (non-hydrogen) atoms. The second-order valence-electron chi connectivity index (χ2n) is 7.24. The number of carbonyl (C=O) groups excluding carboxylic acids is 2. The highest BCUT2D eigenvalue weighted by atomic mass is 32.2. The van der Waals surface area contributed by atoms with Crippen molar-refractivity contribution in [2.75, 3.05) is 23.3 Å². The van der Waals surface area contributed by atoms with E-state index < -0.39 is 28.4 Å². The molecule has 3 rings (SSSR count). The molecule has 1 amide bonds. The third kappa shape index (κ3) is 5.15. The maximum absolute atomic E-state index is 13.5. The summed E-state index contributed by atoms with van der Waals surface area (Å²) in [6, 6.07) is 19.6. The number of methoxy groups -OCH3 is 1. The van der Waals surface area contributed by atoms with E-state index in [1.807, 2.05) is 19.1 Å². The van der Waals surface area contributed by atoms with E-state index in [0.717, 1.165) is 15.4 Å². The molecule has 0 fully saturated rings. The summed E-state index contributed by atoms with van der Waals surface area (Å²) < 4.78 is 32.7. The van der Waals surface area contributed by atoms with Crippen LogP contribution in [0.1, 0.15) is 21.5 Å². The van der Waals surface area contributed by atoms with Crippen molar-refractivity contribution in [3.63, 3.8) is 0 Å². The molecule has 0 aliphatic carbocycles. The van der Waals surface area contributed by atoms with Crippen LogP contribution in [0.25, 0.3) is 0 Å². The molecule has 3 aromatic rings. The van der Waals surface area contributed by atoms with Gasteiger partial charge in [-0.05, 0) is 61.4 Å². The third-order valence-electron chi connectivity index (χ3n) is 4.82. The zero-order valence-electron chi connectivity index (χ0n) is 18.0. The van der Waals surface area contributed by atoms with Crippen LogP contribution >= 0.6 is 0 Å². The van der Waals surface area contributed by atoms with Gasteiger partial charge in [-0.2, -0.15) is 0 Å². The second-order valence-corrected chi connectivity index (χ2v) is 9.10. The zero-order chi connectivity index (χ0) is 23.3. The first-order chi connectivity index (χ1) is 15.2. The van der Waals surface area contributed by atoms with Crippen LogP contribution in [0.3, 0.4) is 0 Å². The summed E-state index contributed by atoms with van der Waals surface area (Å²) in [4.78, 5) is 24.7. The number of hydrogen-bond acceptors (Lipinski definition) is 5. The van der Waals surface area contributed by atoms with Gasteiger partial charge >= 0.3 is 5.97 Å². The minimum Gasteiger partial charge on any atom is -0.465 e. The Balaban J connectivity index is 1.95. The molecule has 0 radical (unpaired) electrons. The summed E-state index contributed by atoms with van der Waals surface area (Å²) in [5.74, 6) is -1.09. The van der Waals surface area contributed by atoms with E-state index in [0.29, 0.717) is 11.4 Å². The fraction of sp³-hybridized carbons (Fsp3) is 0.167. The molecule has 0 aliphatic rings. The average molecular weight is 453 g/mol. The van der Waals surface area contributed by atoms with Crippen molar-refractivity contribution in [3.8, 4) is 0 Å². The predicted molar refractivity (Wildman–Crippen MR) is 123 cm³/mol. The average Bonchev–Trinajstić information content (AvgIpc) is 2.79. The Morgan fingerprint density at radius 1 is 0.938 bits per heavy atom. The van der Waals surface area contributed by atoms with Crippen LogP contribution in [0.4, 0.5) is 11.4 Å². The van der Waals surface area contributed by atoms with Crippen molar-refractivity contribution in [2.24, 2.45) is 0 Å². The molecule has 0 saturated carbocycles. The molecule has 0 atom stereocenters. The van der Waals surface area contributed by atoms with Crippen LogP contribution in [-0.2, 0) is 19.6 Å². The molecule has 3 aromatic carbocycles. The summed E-state index contributed by atoms with van der Waals surface area (Å²) in [5, 5.41) is 2.67. The molecule has 0 aromatic heterocycles. The van der Waals surface area contributed by atoms with Gasteiger partial charge in [0.15, 0.2) is 0 Å². The van der Waals surface area contributed by atoms with E-state index in [1.54, 1.807) is 49.4 Å². The highest BCUT2D eigenvalue weighted by Gasteiger charge is 2.28. The number of hydrogen-bond donors (Lipinski definition) is 1. The van der Waals surface area contributed by atoms with Crippen molar-refractivity contribution in [2.45, 2.75) is 18.7 Å². The molecule has 0 unspecified atom stereocenters. The Morgan fingerprint density at radius 2 is 1.66 bits per heavy atom. The molecule has 0 bridgehead atoms. The van der Waals surface area contributed by atoms with E-state index >= 15 is 0 Å². The highest BCUT2D eigenvalue weighted by Crippen LogP contribution is 2.28. The quantitative estimate of drug-likeness (QED) is 0.549. The SMILES string of the molecule is COC(=O)c1cccc(NC(=O)CN(c2cc(C)ccc2C)S(=O)(=O)c2ccccc2)c1. The lowest BCUT2D eigenvalue weighted by Crippen LogP contribution is -2.38. The Bertz CT molecular complexity index is 1240. The number of benzene rings is 3. The van der Waals surface area contributed by atoms with Crippen LogP contribution in [0, 0.1) is 13.8 Å². The van der Waals surface area contributed by atoms with Gasteiger partial charge in [0.05, 0.1) is 23.3 Å². The van der Waals surface area contributed by atoms with Crippen LogP contribution in [0.15, 0.2) is 77.7 Å². The van der Waals surface area contributed by atoms with E-state index in [4.69, 9.17) is 4.74 Å². The topological polar surface area (TPSA) is 92.8 Å². The number of rotatable bonds is 7. The van der Waals surface area contributed by atoms with Crippen LogP contribution in [-0.4, -0.2) is 33.9 Å². The first kappa shape index (κ1) is 23.0. The van der Waals surface area contributed by atoms with Gasteiger partial charge < -0.3 is 10.1 Å². The first-order valence-corrected chi connectivity index (χ1v) is 11.3. The smallest absolute Gasteiger partial charge is 0.337 e. The van der Waals surface area contributed by atoms with Crippen molar-refractivity contribution >= 4 is 33.3 Å². The molecule has 166 valence electrons. The highest BCUT2D eigenvalue weighted by molar-refractivity contribution is 7.92. The van der Waals surface area contributed by atoms with Crippen LogP contribution < -0.4 is 9.62 Å². The Morgan fingerprint density at radius 3 is 2.34 bits per heavy atom. The van der Waals surface area contributed by atoms with Crippen LogP contribution in [0.2, 0.25) is 0 Å². The number of ether oxygens (including phenoxy) is 1. The lowest BCUT2D eigenvalue weighted by molar-refractivity contribution is -0.114. The number of carbonyl (C=O) groups is 2. The molecule has 8 heteroatoms. The minimum atomic E-state index is -4.01. The van der Waals surface area contributed by atoms with Crippen molar-refractivity contribution in [3.05, 3.63) is 89.5 Å². The number of anilines is 2. The Hall–Kier alpha value is -3.65. The first-order valence-electron chi connectivity index (χ1n) is 9.85. The molecule has 7 nitrogen and oxygen atoms in total. The van der Waals surface area contributed by atoms with Crippen molar-refractivity contribution < 1.29 is 22.7 Å². The van der Waals surface area contributed by atoms with Gasteiger partial charge in [-0.25, -0.2) is 13.2 Å². The zero-order valence-corrected chi connectivity index (χ0v) is 18.8. The van der Waals surface area contributed by atoms with E-state index in [2.05, 4.69) is 5.32 Å². The standard InChI is InChI=1S/C24H24N2O5S/c1-17-12-13-18(2)22(14-17)26(32(29,30)21-10-5-4-6-11-21)16-23(27)25-20-9-7-8-19(15-20)24(28)31-3/h4-15H,16H2,1-3H3,(H,25,27). The summed E-state index contributed by atoms with van der Waals surface area (Å²) in [6.45, 7) is 3.21. The van der Waals surface area contributed by atoms with Gasteiger partial charge in [0, 0.05) is 5.69 Å². The summed E-state index contributed by atoms with van der Waals surface area (Å²) in [5.41, 5.74) is 2.64. The van der Waals surface area contributed by atoms with Gasteiger partial charge in [-0.1, -0.05) is 36.4 Å². The van der Waals surface area contributed by atoms with E-state index in [-0.39, 0.29) is 10.5 Å². The third-order valence-corrected chi connectivity index (χ3v) is 6.59. The van der Waals surface area contributed by atoms with Gasteiger partial charge in [-0.3, -0.25) is 9.10 Å². The van der Waals surface area contributed by atoms with Crippen LogP contribution in [0.5, 0.6) is 0 Å². The number of aryl methyl sites for hydroxylation is 2. The fourth-order valence-electron chi connectivity index (χ4n) is 3.18. The number of amides is 1. The van der Waals surface area contributed by atoms with Gasteiger partial charge in [0.1, 0.15) is 6.54 Å². The second kappa shape index (κ2) is 9.65. The van der Waals surface area contributed by atoms with Gasteiger partial charge in [0.25, 0.3) is 10.0 Å². The number of nitrogens with one attached hydrogen (secondary N) is 1. The van der Waals surface area contributed by atoms with Crippen molar-refractivity contribution in [1.82, 2.24) is 0 Å². The van der Waals surface area contributed by atoms with Gasteiger partial charge in [0.2, 0.25) is 5.91 Å². The monoisotopic (exact) mass is 452 g/mol. The summed E-state index contributed by atoms with van der Waals surface area (Å²) in [7, 11) is -2.74. The molecular weight excluding hydrogens is 428 g/mol. The lowest BCUT2D eigenvalue weighted by atomic mass is 10.1. The summed E-state index contributed by atoms with van der Waals surface area (Å²) in [6.07, 6.45) is 0. The largest absolute Gasteiger partial charge is 0.465 e. The Kier molecular flexibility index (Phi) is 6.95. The van der Waals surface area contributed by atoms with Gasteiger partial charge in [-0.15, -0.1) is 0 Å². The molecule has 0 saturated heterocycles. The molecule has 1 N–H and O–H groups in total. The minimum absolute atomic E-state index is 0.0846. The number of esters is 1. The lowest BCUT2D eigenvalue weighted by Gasteiger charge is -2.26. The molecule has 0 heterocycles. The number of sulfonamides is 1.